The minimum Gasteiger partial charge on any atom is -0.494 e. The maximum atomic E-state index is 12.7. The predicted octanol–water partition coefficient (Wildman–Crippen LogP) is 5.57. The molecule has 3 aromatic carbocycles. The van der Waals surface area contributed by atoms with Gasteiger partial charge in [-0.3, -0.25) is 4.79 Å². The Hall–Kier alpha value is -4.30. The maximum absolute atomic E-state index is 12.7. The third-order valence-corrected chi connectivity index (χ3v) is 4.87. The summed E-state index contributed by atoms with van der Waals surface area (Å²) in [5.74, 6) is 0.266. The molecule has 1 amide bonds. The molecule has 0 spiro atoms. The van der Waals surface area contributed by atoms with Crippen LogP contribution in [0.3, 0.4) is 0 Å². The Balaban J connectivity index is 1.59. The molecule has 0 atom stereocenters. The van der Waals surface area contributed by atoms with Crippen molar-refractivity contribution in [1.82, 2.24) is 4.57 Å². The van der Waals surface area contributed by atoms with Crippen LogP contribution in [-0.4, -0.2) is 17.1 Å². The molecule has 4 rings (SSSR count). The van der Waals surface area contributed by atoms with Gasteiger partial charge in [0.2, 0.25) is 0 Å². The zero-order valence-electron chi connectivity index (χ0n) is 17.1. The Morgan fingerprint density at radius 2 is 1.81 bits per heavy atom. The Morgan fingerprint density at radius 1 is 1.03 bits per heavy atom. The quantitative estimate of drug-likeness (QED) is 0.335. The van der Waals surface area contributed by atoms with E-state index < -0.39 is 5.91 Å². The van der Waals surface area contributed by atoms with Crippen molar-refractivity contribution in [3.63, 3.8) is 0 Å². The van der Waals surface area contributed by atoms with Crippen molar-refractivity contribution < 1.29 is 9.53 Å². The van der Waals surface area contributed by atoms with Crippen molar-refractivity contribution in [3.8, 4) is 17.5 Å². The van der Waals surface area contributed by atoms with Gasteiger partial charge in [-0.25, -0.2) is 0 Å². The summed E-state index contributed by atoms with van der Waals surface area (Å²) in [6, 6.07) is 27.1. The van der Waals surface area contributed by atoms with Crippen LogP contribution in [-0.2, 0) is 4.79 Å². The first-order valence-corrected chi connectivity index (χ1v) is 10.0. The number of anilines is 1. The lowest BCUT2D eigenvalue weighted by molar-refractivity contribution is -0.112. The minimum absolute atomic E-state index is 0.0228. The van der Waals surface area contributed by atoms with Crippen LogP contribution in [0.5, 0.6) is 5.75 Å². The smallest absolute Gasteiger partial charge is 0.266 e. The number of nitrogens with zero attached hydrogens (tertiary/aromatic N) is 2. The molecule has 0 bridgehead atoms. The molecule has 31 heavy (non-hydrogen) atoms. The Kier molecular flexibility index (Phi) is 5.82. The van der Waals surface area contributed by atoms with E-state index in [1.165, 1.54) is 0 Å². The highest BCUT2D eigenvalue weighted by molar-refractivity contribution is 6.09. The fourth-order valence-electron chi connectivity index (χ4n) is 3.37. The number of hydrogen-bond acceptors (Lipinski definition) is 3. The molecule has 152 valence electrons. The number of fused-ring (bicyclic) bond motifs is 1. The molecule has 5 heteroatoms. The maximum Gasteiger partial charge on any atom is 0.266 e. The molecule has 1 aromatic heterocycles. The van der Waals surface area contributed by atoms with E-state index in [9.17, 15) is 10.1 Å². The van der Waals surface area contributed by atoms with E-state index >= 15 is 0 Å². The molecule has 5 nitrogen and oxygen atoms in total. The third kappa shape index (κ3) is 4.49. The van der Waals surface area contributed by atoms with Crippen molar-refractivity contribution in [2.75, 3.05) is 11.9 Å². The topological polar surface area (TPSA) is 67.0 Å². The molecule has 4 aromatic rings. The summed E-state index contributed by atoms with van der Waals surface area (Å²) >= 11 is 0. The predicted molar refractivity (Wildman–Crippen MR) is 123 cm³/mol. The highest BCUT2D eigenvalue weighted by atomic mass is 16.5. The second-order valence-corrected chi connectivity index (χ2v) is 6.92. The second kappa shape index (κ2) is 9.02. The molecular weight excluding hydrogens is 386 g/mol. The summed E-state index contributed by atoms with van der Waals surface area (Å²) in [6.07, 6.45) is 3.51. The number of rotatable bonds is 6. The Labute approximate surface area is 180 Å². The lowest BCUT2D eigenvalue weighted by Gasteiger charge is -2.09. The van der Waals surface area contributed by atoms with Gasteiger partial charge in [-0.1, -0.05) is 30.3 Å². The molecule has 1 heterocycles. The van der Waals surface area contributed by atoms with E-state index in [0.717, 1.165) is 27.9 Å². The number of nitriles is 1. The molecular formula is C26H21N3O2. The van der Waals surface area contributed by atoms with Crippen molar-refractivity contribution in [2.45, 2.75) is 6.92 Å². The fraction of sp³-hybridized carbons (Fsp3) is 0.0769. The van der Waals surface area contributed by atoms with Gasteiger partial charge in [-0.2, -0.15) is 5.26 Å². The largest absolute Gasteiger partial charge is 0.494 e. The summed E-state index contributed by atoms with van der Waals surface area (Å²) < 4.78 is 7.36. The number of carbonyl (C=O) groups is 1. The zero-order chi connectivity index (χ0) is 21.6. The summed E-state index contributed by atoms with van der Waals surface area (Å²) in [6.45, 7) is 2.48. The highest BCUT2D eigenvalue weighted by Crippen LogP contribution is 2.22. The van der Waals surface area contributed by atoms with Gasteiger partial charge in [0.15, 0.2) is 0 Å². The van der Waals surface area contributed by atoms with Crippen molar-refractivity contribution >= 4 is 28.4 Å². The number of benzene rings is 3. The van der Waals surface area contributed by atoms with E-state index in [-0.39, 0.29) is 5.57 Å². The van der Waals surface area contributed by atoms with E-state index in [1.54, 1.807) is 30.3 Å². The lowest BCUT2D eigenvalue weighted by Crippen LogP contribution is -2.13. The molecule has 0 saturated heterocycles. The number of nitrogens with one attached hydrogen (secondary N) is 1. The van der Waals surface area contributed by atoms with Crippen LogP contribution in [0, 0.1) is 11.3 Å². The SMILES string of the molecule is CCOc1ccc(NC(=O)/C(C#N)=C\c2cccn2-c2ccc3ccccc3c2)cc1. The van der Waals surface area contributed by atoms with E-state index in [4.69, 9.17) is 4.74 Å². The number of hydrogen-bond donors (Lipinski definition) is 1. The van der Waals surface area contributed by atoms with Gasteiger partial charge >= 0.3 is 0 Å². The number of carbonyl (C=O) groups excluding carboxylic acids is 1. The van der Waals surface area contributed by atoms with Gasteiger partial charge in [-0.15, -0.1) is 0 Å². The first-order valence-electron chi connectivity index (χ1n) is 10.0. The van der Waals surface area contributed by atoms with E-state index in [0.29, 0.717) is 12.3 Å². The molecule has 0 saturated carbocycles. The van der Waals surface area contributed by atoms with E-state index in [2.05, 4.69) is 29.6 Å². The first kappa shape index (κ1) is 20.0. The van der Waals surface area contributed by atoms with Crippen LogP contribution in [0.1, 0.15) is 12.6 Å². The third-order valence-electron chi connectivity index (χ3n) is 4.87. The average Bonchev–Trinajstić information content (AvgIpc) is 3.27. The Morgan fingerprint density at radius 3 is 2.55 bits per heavy atom. The summed E-state index contributed by atoms with van der Waals surface area (Å²) in [5.41, 5.74) is 2.32. The van der Waals surface area contributed by atoms with Crippen LogP contribution in [0.2, 0.25) is 0 Å². The highest BCUT2D eigenvalue weighted by Gasteiger charge is 2.12. The first-order chi connectivity index (χ1) is 15.2. The second-order valence-electron chi connectivity index (χ2n) is 6.92. The standard InChI is InChI=1S/C26H21N3O2/c1-2-31-25-13-10-22(11-14-25)28-26(30)21(18-27)17-23-8-5-15-29(23)24-12-9-19-6-3-4-7-20(19)16-24/h3-17H,2H2,1H3,(H,28,30)/b21-17-. The van der Waals surface area contributed by atoms with Gasteiger partial charge in [0.1, 0.15) is 17.4 Å². The number of ether oxygens (including phenoxy) is 1. The summed E-state index contributed by atoms with van der Waals surface area (Å²) in [5, 5.41) is 14.6. The van der Waals surface area contributed by atoms with Gasteiger partial charge in [0.05, 0.1) is 6.61 Å². The van der Waals surface area contributed by atoms with Gasteiger partial charge in [-0.05, 0) is 72.3 Å². The molecule has 0 aliphatic carbocycles. The van der Waals surface area contributed by atoms with Crippen LogP contribution in [0.25, 0.3) is 22.5 Å². The van der Waals surface area contributed by atoms with Crippen molar-refractivity contribution in [2.24, 2.45) is 0 Å². The number of aromatic nitrogens is 1. The average molecular weight is 407 g/mol. The van der Waals surface area contributed by atoms with Crippen LogP contribution >= 0.6 is 0 Å². The van der Waals surface area contributed by atoms with Crippen LogP contribution in [0.15, 0.2) is 90.6 Å². The summed E-state index contributed by atoms with van der Waals surface area (Å²) in [7, 11) is 0. The fourth-order valence-corrected chi connectivity index (χ4v) is 3.37. The van der Waals surface area contributed by atoms with Gasteiger partial charge in [0.25, 0.3) is 5.91 Å². The van der Waals surface area contributed by atoms with Crippen molar-refractivity contribution in [1.29, 1.82) is 5.26 Å². The Bertz CT molecular complexity index is 1290. The number of amides is 1. The normalized spacial score (nSPS) is 11.2. The van der Waals surface area contributed by atoms with Crippen LogP contribution < -0.4 is 10.1 Å². The minimum atomic E-state index is -0.460. The molecule has 0 radical (unpaired) electrons. The molecule has 0 unspecified atom stereocenters. The van der Waals surface area contributed by atoms with Crippen LogP contribution in [0.4, 0.5) is 5.69 Å². The molecule has 0 fully saturated rings. The zero-order valence-corrected chi connectivity index (χ0v) is 17.1. The van der Waals surface area contributed by atoms with Gasteiger partial charge in [0, 0.05) is 23.3 Å². The van der Waals surface area contributed by atoms with Gasteiger partial charge < -0.3 is 14.6 Å². The molecule has 0 aliphatic heterocycles. The molecule has 1 N–H and O–H groups in total. The summed E-state index contributed by atoms with van der Waals surface area (Å²) in [4.78, 5) is 12.7. The van der Waals surface area contributed by atoms with E-state index in [1.807, 2.05) is 54.1 Å². The monoisotopic (exact) mass is 407 g/mol. The molecule has 0 aliphatic rings. The van der Waals surface area contributed by atoms with Crippen molar-refractivity contribution in [3.05, 3.63) is 96.3 Å². The lowest BCUT2D eigenvalue weighted by atomic mass is 10.1.